The average molecular weight is 387 g/mol. The van der Waals surface area contributed by atoms with Crippen LogP contribution in [0.1, 0.15) is 5.82 Å². The lowest BCUT2D eigenvalue weighted by molar-refractivity contribution is -0.191. The van der Waals surface area contributed by atoms with Crippen molar-refractivity contribution in [3.63, 3.8) is 0 Å². The van der Waals surface area contributed by atoms with Gasteiger partial charge < -0.3 is 14.5 Å². The van der Waals surface area contributed by atoms with Gasteiger partial charge >= 0.3 is 0 Å². The molecule has 0 bridgehead atoms. The van der Waals surface area contributed by atoms with Gasteiger partial charge in [0, 0.05) is 30.8 Å². The van der Waals surface area contributed by atoms with Gasteiger partial charge in [-0.25, -0.2) is 4.98 Å². The summed E-state index contributed by atoms with van der Waals surface area (Å²) in [4.78, 5) is 10.6. The van der Waals surface area contributed by atoms with Crippen molar-refractivity contribution in [1.29, 1.82) is 0 Å². The summed E-state index contributed by atoms with van der Waals surface area (Å²) >= 11 is 0. The first-order chi connectivity index (χ1) is 14.2. The molecule has 0 unspecified atom stereocenters. The molecule has 2 aromatic carbocycles. The fraction of sp³-hybridized carbons (Fsp3) is 0.273. The topological polar surface area (TPSA) is 79.1 Å². The van der Waals surface area contributed by atoms with E-state index in [1.807, 2.05) is 48.5 Å². The first kappa shape index (κ1) is 16.8. The van der Waals surface area contributed by atoms with Gasteiger partial charge in [-0.2, -0.15) is 5.10 Å². The number of nitrogens with one attached hydrogen (secondary N) is 2. The Kier molecular flexibility index (Phi) is 3.72. The molecule has 146 valence electrons. The molecular weight excluding hydrogens is 366 g/mol. The molecule has 4 aromatic rings. The molecule has 2 aliphatic heterocycles. The second-order valence-electron chi connectivity index (χ2n) is 8.10. The fourth-order valence-electron chi connectivity index (χ4n) is 4.23. The highest BCUT2D eigenvalue weighted by atomic mass is 16.5. The van der Waals surface area contributed by atoms with Gasteiger partial charge in [-0.1, -0.05) is 0 Å². The molecular formula is C22H21N5O2. The second kappa shape index (κ2) is 6.43. The molecule has 2 aromatic heterocycles. The van der Waals surface area contributed by atoms with E-state index in [9.17, 15) is 0 Å². The number of hydrogen-bond acceptors (Lipinski definition) is 5. The van der Waals surface area contributed by atoms with Gasteiger partial charge in [0.05, 0.1) is 36.5 Å². The highest BCUT2D eigenvalue weighted by molar-refractivity contribution is 5.77. The summed E-state index contributed by atoms with van der Waals surface area (Å²) in [7, 11) is 0. The van der Waals surface area contributed by atoms with Crippen molar-refractivity contribution < 1.29 is 9.47 Å². The maximum absolute atomic E-state index is 6.03. The Balaban J connectivity index is 1.15. The van der Waals surface area contributed by atoms with E-state index < -0.39 is 0 Å². The minimum atomic E-state index is 0.431. The number of hydrogen-bond donors (Lipinski definition) is 2. The van der Waals surface area contributed by atoms with Crippen molar-refractivity contribution in [3.8, 4) is 22.8 Å². The maximum Gasteiger partial charge on any atom is 0.129 e. The summed E-state index contributed by atoms with van der Waals surface area (Å²) in [5.74, 6) is 2.56. The number of benzene rings is 2. The standard InChI is InChI=1S/C22H21N5O2/c1-3-16(4-2-15(1)18-7-8-23-26-18)29-17-5-6-19-20(9-17)25-21(24-19)10-27-11-22(12-27)13-28-14-22/h1-9H,10-14H2,(H,23,26)(H,24,25). The summed E-state index contributed by atoms with van der Waals surface area (Å²) in [6, 6.07) is 15.9. The number of ether oxygens (including phenoxy) is 2. The van der Waals surface area contributed by atoms with Crippen molar-refractivity contribution in [2.45, 2.75) is 6.54 Å². The predicted molar refractivity (Wildman–Crippen MR) is 109 cm³/mol. The van der Waals surface area contributed by atoms with Crippen molar-refractivity contribution in [2.75, 3.05) is 26.3 Å². The zero-order chi connectivity index (χ0) is 19.3. The third kappa shape index (κ3) is 3.08. The smallest absolute Gasteiger partial charge is 0.129 e. The van der Waals surface area contributed by atoms with Gasteiger partial charge in [0.15, 0.2) is 0 Å². The summed E-state index contributed by atoms with van der Waals surface area (Å²) in [5, 5.41) is 6.95. The normalized spacial score (nSPS) is 17.9. The van der Waals surface area contributed by atoms with Crippen molar-refractivity contribution in [3.05, 3.63) is 60.6 Å². The Hall–Kier alpha value is -3.16. The van der Waals surface area contributed by atoms with Crippen molar-refractivity contribution in [2.24, 2.45) is 5.41 Å². The highest BCUT2D eigenvalue weighted by Gasteiger charge is 2.48. The number of fused-ring (bicyclic) bond motifs is 1. The quantitative estimate of drug-likeness (QED) is 0.547. The molecule has 0 amide bonds. The lowest BCUT2D eigenvalue weighted by Crippen LogP contribution is -2.65. The molecule has 0 saturated carbocycles. The lowest BCUT2D eigenvalue weighted by atomic mass is 9.78. The number of imidazole rings is 1. The molecule has 7 nitrogen and oxygen atoms in total. The van der Waals surface area contributed by atoms with Gasteiger partial charge in [0.1, 0.15) is 17.3 Å². The lowest BCUT2D eigenvalue weighted by Gasteiger charge is -2.54. The number of rotatable bonds is 5. The molecule has 2 fully saturated rings. The summed E-state index contributed by atoms with van der Waals surface area (Å²) in [6.45, 7) is 4.88. The van der Waals surface area contributed by atoms with Crippen LogP contribution in [0, 0.1) is 5.41 Å². The first-order valence-corrected chi connectivity index (χ1v) is 9.81. The van der Waals surface area contributed by atoms with E-state index in [1.165, 1.54) is 0 Å². The Bertz CT molecular complexity index is 1140. The van der Waals surface area contributed by atoms with Crippen LogP contribution in [0.3, 0.4) is 0 Å². The second-order valence-corrected chi connectivity index (χ2v) is 8.10. The number of nitrogens with zero attached hydrogens (tertiary/aromatic N) is 3. The fourth-order valence-corrected chi connectivity index (χ4v) is 4.23. The van der Waals surface area contributed by atoms with Gasteiger partial charge in [-0.3, -0.25) is 10.00 Å². The third-order valence-corrected chi connectivity index (χ3v) is 5.71. The minimum Gasteiger partial charge on any atom is -0.457 e. The van der Waals surface area contributed by atoms with E-state index in [0.29, 0.717) is 5.41 Å². The van der Waals surface area contributed by atoms with Crippen LogP contribution in [0.4, 0.5) is 0 Å². The molecule has 4 heterocycles. The Labute approximate surface area is 167 Å². The van der Waals surface area contributed by atoms with Crippen LogP contribution >= 0.6 is 0 Å². The number of likely N-dealkylation sites (tertiary alicyclic amines) is 1. The minimum absolute atomic E-state index is 0.431. The molecule has 2 aliphatic rings. The molecule has 2 N–H and O–H groups in total. The maximum atomic E-state index is 6.03. The average Bonchev–Trinajstić information content (AvgIpc) is 3.32. The van der Waals surface area contributed by atoms with Crippen LogP contribution in [0.2, 0.25) is 0 Å². The highest BCUT2D eigenvalue weighted by Crippen LogP contribution is 2.38. The van der Waals surface area contributed by atoms with E-state index in [2.05, 4.69) is 20.1 Å². The largest absolute Gasteiger partial charge is 0.457 e. The molecule has 0 aliphatic carbocycles. The summed E-state index contributed by atoms with van der Waals surface area (Å²) < 4.78 is 11.4. The number of H-pyrrole nitrogens is 2. The Morgan fingerprint density at radius 2 is 1.86 bits per heavy atom. The van der Waals surface area contributed by atoms with Crippen LogP contribution in [0.15, 0.2) is 54.7 Å². The number of aromatic nitrogens is 4. The molecule has 0 atom stereocenters. The van der Waals surface area contributed by atoms with E-state index in [1.54, 1.807) is 6.20 Å². The van der Waals surface area contributed by atoms with Gasteiger partial charge in [-0.05, 0) is 48.0 Å². The number of aromatic amines is 2. The third-order valence-electron chi connectivity index (χ3n) is 5.71. The summed E-state index contributed by atoms with van der Waals surface area (Å²) in [5.41, 5.74) is 4.45. The summed E-state index contributed by atoms with van der Waals surface area (Å²) in [6.07, 6.45) is 1.74. The molecule has 6 rings (SSSR count). The molecule has 2 saturated heterocycles. The Morgan fingerprint density at radius 1 is 1.03 bits per heavy atom. The zero-order valence-electron chi connectivity index (χ0n) is 15.9. The van der Waals surface area contributed by atoms with E-state index in [-0.39, 0.29) is 0 Å². The SMILES string of the molecule is c1cc(-c2ccc(Oc3ccc4[nH]c(CN5CC6(COC6)C5)nc4c3)cc2)[nH]n1. The monoisotopic (exact) mass is 387 g/mol. The molecule has 1 spiro atoms. The van der Waals surface area contributed by atoms with E-state index in [0.717, 1.165) is 72.5 Å². The van der Waals surface area contributed by atoms with Crippen LogP contribution in [-0.2, 0) is 11.3 Å². The van der Waals surface area contributed by atoms with Gasteiger partial charge in [0.2, 0.25) is 0 Å². The van der Waals surface area contributed by atoms with E-state index >= 15 is 0 Å². The van der Waals surface area contributed by atoms with Crippen molar-refractivity contribution >= 4 is 11.0 Å². The van der Waals surface area contributed by atoms with Crippen LogP contribution in [0.25, 0.3) is 22.3 Å². The van der Waals surface area contributed by atoms with E-state index in [4.69, 9.17) is 14.5 Å². The zero-order valence-corrected chi connectivity index (χ0v) is 15.9. The van der Waals surface area contributed by atoms with Gasteiger partial charge in [0.25, 0.3) is 0 Å². The van der Waals surface area contributed by atoms with Crippen molar-refractivity contribution in [1.82, 2.24) is 25.1 Å². The first-order valence-electron chi connectivity index (χ1n) is 9.81. The van der Waals surface area contributed by atoms with Crippen LogP contribution < -0.4 is 4.74 Å². The van der Waals surface area contributed by atoms with Crippen LogP contribution in [-0.4, -0.2) is 51.4 Å². The van der Waals surface area contributed by atoms with Gasteiger partial charge in [-0.15, -0.1) is 0 Å². The molecule has 0 radical (unpaired) electrons. The molecule has 29 heavy (non-hydrogen) atoms. The van der Waals surface area contributed by atoms with Crippen LogP contribution in [0.5, 0.6) is 11.5 Å². The Morgan fingerprint density at radius 3 is 2.59 bits per heavy atom. The predicted octanol–water partition coefficient (Wildman–Crippen LogP) is 3.58. The molecule has 7 heteroatoms.